The number of benzene rings is 1. The molecule has 1 N–H and O–H groups in total. The molecule has 132 valence electrons. The second-order valence-corrected chi connectivity index (χ2v) is 6.84. The lowest BCUT2D eigenvalue weighted by Gasteiger charge is -2.25. The van der Waals surface area contributed by atoms with Crippen LogP contribution in [0.15, 0.2) is 30.3 Å². The van der Waals surface area contributed by atoms with E-state index < -0.39 is 0 Å². The fourth-order valence-electron chi connectivity index (χ4n) is 3.14. The van der Waals surface area contributed by atoms with E-state index in [1.165, 1.54) is 16.9 Å². The second kappa shape index (κ2) is 8.31. The molecule has 1 aromatic carbocycles. The van der Waals surface area contributed by atoms with Gasteiger partial charge in [-0.3, -0.25) is 4.68 Å². The van der Waals surface area contributed by atoms with Gasteiger partial charge in [0.05, 0.1) is 5.69 Å². The van der Waals surface area contributed by atoms with Crippen LogP contribution in [0.5, 0.6) is 0 Å². The van der Waals surface area contributed by atoms with E-state index in [1.807, 2.05) is 11.7 Å². The number of aryl methyl sites for hydroxylation is 2. The quantitative estimate of drug-likeness (QED) is 0.804. The predicted molar refractivity (Wildman–Crippen MR) is 102 cm³/mol. The predicted octanol–water partition coefficient (Wildman–Crippen LogP) is 2.06. The van der Waals surface area contributed by atoms with Gasteiger partial charge in [-0.15, -0.1) is 0 Å². The standard InChI is InChI=1S/C19H31N5/c1-15-18(19(23(4)5)24(6)21-15)14-20-13-17(22(2)3)12-16-10-8-7-9-11-16/h7-11,17,20H,12-14H2,1-6H3. The zero-order valence-electron chi connectivity index (χ0n) is 15.9. The third-order valence-corrected chi connectivity index (χ3v) is 4.46. The van der Waals surface area contributed by atoms with Crippen molar-refractivity contribution in [3.63, 3.8) is 0 Å². The Hall–Kier alpha value is -1.85. The van der Waals surface area contributed by atoms with Crippen molar-refractivity contribution in [3.8, 4) is 0 Å². The SMILES string of the molecule is Cc1nn(C)c(N(C)C)c1CNCC(Cc1ccccc1)N(C)C. The van der Waals surface area contributed by atoms with Gasteiger partial charge in [0.2, 0.25) is 0 Å². The molecule has 1 aromatic heterocycles. The average molecular weight is 329 g/mol. The minimum Gasteiger partial charge on any atom is -0.363 e. The Labute approximate surface area is 146 Å². The van der Waals surface area contributed by atoms with Crippen LogP contribution in [0.25, 0.3) is 0 Å². The highest BCUT2D eigenvalue weighted by molar-refractivity contribution is 5.48. The summed E-state index contributed by atoms with van der Waals surface area (Å²) >= 11 is 0. The molecule has 0 bridgehead atoms. The zero-order chi connectivity index (χ0) is 17.7. The van der Waals surface area contributed by atoms with Crippen LogP contribution in [0.1, 0.15) is 16.8 Å². The van der Waals surface area contributed by atoms with Gasteiger partial charge in [-0.05, 0) is 33.0 Å². The van der Waals surface area contributed by atoms with Gasteiger partial charge in [-0.1, -0.05) is 30.3 Å². The highest BCUT2D eigenvalue weighted by Gasteiger charge is 2.16. The maximum absolute atomic E-state index is 4.56. The molecular formula is C19H31N5. The second-order valence-electron chi connectivity index (χ2n) is 6.84. The highest BCUT2D eigenvalue weighted by atomic mass is 15.4. The largest absolute Gasteiger partial charge is 0.363 e. The minimum atomic E-state index is 0.465. The Morgan fingerprint density at radius 3 is 2.38 bits per heavy atom. The van der Waals surface area contributed by atoms with Crippen molar-refractivity contribution in [2.75, 3.05) is 39.6 Å². The van der Waals surface area contributed by atoms with Crippen LogP contribution < -0.4 is 10.2 Å². The molecule has 1 heterocycles. The molecule has 5 nitrogen and oxygen atoms in total. The first kappa shape index (κ1) is 18.5. The van der Waals surface area contributed by atoms with Crippen LogP contribution in [0.3, 0.4) is 0 Å². The number of likely N-dealkylation sites (N-methyl/N-ethyl adjacent to an activating group) is 1. The summed E-state index contributed by atoms with van der Waals surface area (Å²) in [4.78, 5) is 4.42. The molecule has 1 unspecified atom stereocenters. The van der Waals surface area contributed by atoms with Gasteiger partial charge in [-0.2, -0.15) is 5.10 Å². The lowest BCUT2D eigenvalue weighted by molar-refractivity contribution is 0.281. The van der Waals surface area contributed by atoms with E-state index >= 15 is 0 Å². The van der Waals surface area contributed by atoms with Gasteiger partial charge in [0.25, 0.3) is 0 Å². The average Bonchev–Trinajstić information content (AvgIpc) is 2.81. The molecule has 0 fully saturated rings. The number of nitrogens with zero attached hydrogens (tertiary/aromatic N) is 4. The van der Waals surface area contributed by atoms with E-state index in [0.29, 0.717) is 6.04 Å². The van der Waals surface area contributed by atoms with E-state index in [-0.39, 0.29) is 0 Å². The van der Waals surface area contributed by atoms with E-state index in [4.69, 9.17) is 0 Å². The van der Waals surface area contributed by atoms with E-state index in [2.05, 4.69) is 85.7 Å². The van der Waals surface area contributed by atoms with Gasteiger partial charge in [0.1, 0.15) is 5.82 Å². The first-order chi connectivity index (χ1) is 11.4. The first-order valence-corrected chi connectivity index (χ1v) is 8.51. The van der Waals surface area contributed by atoms with Gasteiger partial charge in [0, 0.05) is 45.8 Å². The van der Waals surface area contributed by atoms with Gasteiger partial charge >= 0.3 is 0 Å². The number of hydrogen-bond donors (Lipinski definition) is 1. The summed E-state index contributed by atoms with van der Waals surface area (Å²) in [6, 6.07) is 11.2. The van der Waals surface area contributed by atoms with Crippen LogP contribution in [-0.2, 0) is 20.0 Å². The number of rotatable bonds is 8. The van der Waals surface area contributed by atoms with E-state index in [9.17, 15) is 0 Å². The molecule has 0 saturated heterocycles. The number of aromatic nitrogens is 2. The van der Waals surface area contributed by atoms with Crippen molar-refractivity contribution in [2.45, 2.75) is 25.9 Å². The van der Waals surface area contributed by atoms with Gasteiger partial charge < -0.3 is 15.1 Å². The molecule has 0 radical (unpaired) electrons. The molecule has 0 aliphatic rings. The lowest BCUT2D eigenvalue weighted by atomic mass is 10.1. The molecule has 2 aromatic rings. The number of hydrogen-bond acceptors (Lipinski definition) is 4. The zero-order valence-corrected chi connectivity index (χ0v) is 15.9. The molecule has 2 rings (SSSR count). The van der Waals surface area contributed by atoms with Crippen molar-refractivity contribution in [3.05, 3.63) is 47.2 Å². The highest BCUT2D eigenvalue weighted by Crippen LogP contribution is 2.21. The Kier molecular flexibility index (Phi) is 6.40. The normalized spacial score (nSPS) is 12.6. The van der Waals surface area contributed by atoms with Gasteiger partial charge in [-0.25, -0.2) is 0 Å². The summed E-state index contributed by atoms with van der Waals surface area (Å²) in [6.07, 6.45) is 1.05. The summed E-state index contributed by atoms with van der Waals surface area (Å²) in [5.74, 6) is 1.17. The Balaban J connectivity index is 1.99. The third kappa shape index (κ3) is 4.58. The Morgan fingerprint density at radius 1 is 1.12 bits per heavy atom. The molecule has 1 atom stereocenters. The van der Waals surface area contributed by atoms with Crippen LogP contribution in [0, 0.1) is 6.92 Å². The van der Waals surface area contributed by atoms with Gasteiger partial charge in [0.15, 0.2) is 0 Å². The van der Waals surface area contributed by atoms with Crippen molar-refractivity contribution in [2.24, 2.45) is 7.05 Å². The Bertz CT molecular complexity index is 631. The summed E-state index contributed by atoms with van der Waals surface area (Å²) in [6.45, 7) is 3.87. The summed E-state index contributed by atoms with van der Waals surface area (Å²) in [5.41, 5.74) is 3.75. The van der Waals surface area contributed by atoms with Crippen LogP contribution >= 0.6 is 0 Å². The van der Waals surface area contributed by atoms with Crippen LogP contribution in [-0.4, -0.2) is 55.5 Å². The third-order valence-electron chi connectivity index (χ3n) is 4.46. The minimum absolute atomic E-state index is 0.465. The Morgan fingerprint density at radius 2 is 1.79 bits per heavy atom. The fraction of sp³-hybridized carbons (Fsp3) is 0.526. The molecule has 0 saturated carbocycles. The smallest absolute Gasteiger partial charge is 0.130 e. The summed E-state index contributed by atoms with van der Waals surface area (Å²) in [7, 11) is 10.4. The maximum atomic E-state index is 4.56. The molecule has 5 heteroatoms. The monoisotopic (exact) mass is 329 g/mol. The van der Waals surface area contributed by atoms with E-state index in [1.54, 1.807) is 0 Å². The molecule has 0 spiro atoms. The van der Waals surface area contributed by atoms with Crippen LogP contribution in [0.4, 0.5) is 5.82 Å². The summed E-state index contributed by atoms with van der Waals surface area (Å²) in [5, 5.41) is 8.19. The molecule has 0 amide bonds. The number of anilines is 1. The van der Waals surface area contributed by atoms with E-state index in [0.717, 1.165) is 25.2 Å². The van der Waals surface area contributed by atoms with Crippen LogP contribution in [0.2, 0.25) is 0 Å². The molecular weight excluding hydrogens is 298 g/mol. The van der Waals surface area contributed by atoms with Crippen molar-refractivity contribution in [1.29, 1.82) is 0 Å². The lowest BCUT2D eigenvalue weighted by Crippen LogP contribution is -2.39. The molecule has 24 heavy (non-hydrogen) atoms. The number of nitrogens with one attached hydrogen (secondary N) is 1. The topological polar surface area (TPSA) is 36.3 Å². The maximum Gasteiger partial charge on any atom is 0.130 e. The first-order valence-electron chi connectivity index (χ1n) is 8.51. The van der Waals surface area contributed by atoms with Crippen molar-refractivity contribution in [1.82, 2.24) is 20.0 Å². The van der Waals surface area contributed by atoms with Crippen molar-refractivity contribution < 1.29 is 0 Å². The molecule has 0 aliphatic carbocycles. The fourth-order valence-corrected chi connectivity index (χ4v) is 3.14. The summed E-state index contributed by atoms with van der Waals surface area (Å²) < 4.78 is 1.96. The van der Waals surface area contributed by atoms with Crippen molar-refractivity contribution >= 4 is 5.82 Å². The molecule has 0 aliphatic heterocycles.